The zero-order valence-corrected chi connectivity index (χ0v) is 7.21. The maximum Gasteiger partial charge on any atom is 0.247 e. The molecule has 0 aromatic heterocycles. The number of rotatable bonds is 3. The molecule has 0 aromatic rings. The summed E-state index contributed by atoms with van der Waals surface area (Å²) in [6.45, 7) is 0.259. The van der Waals surface area contributed by atoms with Crippen LogP contribution in [0.25, 0.3) is 0 Å². The van der Waals surface area contributed by atoms with E-state index in [-0.39, 0.29) is 12.5 Å². The molecule has 0 saturated carbocycles. The lowest BCUT2D eigenvalue weighted by molar-refractivity contribution is -0.121. The number of nitrogens with two attached hydrogens (primary N) is 1. The van der Waals surface area contributed by atoms with Gasteiger partial charge >= 0.3 is 0 Å². The topological polar surface area (TPSA) is 64.3 Å². The monoisotopic (exact) mass is 244 g/mol. The van der Waals surface area contributed by atoms with Crippen molar-refractivity contribution in [3.63, 3.8) is 0 Å². The lowest BCUT2D eigenvalue weighted by Crippen LogP contribution is -2.39. The fraction of sp³-hybridized carbons (Fsp3) is 0.750. The van der Waals surface area contributed by atoms with Crippen LogP contribution in [0.5, 0.6) is 0 Å². The van der Waals surface area contributed by atoms with Crippen LogP contribution in [0.4, 0.5) is 0 Å². The van der Waals surface area contributed by atoms with Crippen molar-refractivity contribution in [1.82, 2.24) is 3.53 Å². The van der Waals surface area contributed by atoms with Crippen LogP contribution in [-0.4, -0.2) is 25.7 Å². The first-order valence-electron chi connectivity index (χ1n) is 2.37. The van der Waals surface area contributed by atoms with E-state index in [1.54, 1.807) is 22.9 Å². The van der Waals surface area contributed by atoms with Crippen molar-refractivity contribution in [2.45, 2.75) is 6.04 Å². The maximum absolute atomic E-state index is 10.6. The summed E-state index contributed by atoms with van der Waals surface area (Å²) in [4.78, 5) is 10.6. The minimum Gasteiger partial charge on any atom is -0.383 e. The number of methoxy groups -OCH3 is 1. The molecule has 0 spiro atoms. The van der Waals surface area contributed by atoms with Gasteiger partial charge in [-0.3, -0.25) is 8.32 Å². The summed E-state index contributed by atoms with van der Waals surface area (Å²) < 4.78 is 7.01. The van der Waals surface area contributed by atoms with Gasteiger partial charge in [-0.05, 0) is 0 Å². The molecule has 0 aliphatic carbocycles. The number of halogens is 1. The molecule has 0 bridgehead atoms. The number of hydrogen-bond acceptors (Lipinski definition) is 3. The molecular weight excluding hydrogens is 235 g/mol. The van der Waals surface area contributed by atoms with E-state index in [0.29, 0.717) is 0 Å². The summed E-state index contributed by atoms with van der Waals surface area (Å²) in [7, 11) is 1.50. The molecule has 0 aliphatic heterocycles. The van der Waals surface area contributed by atoms with Crippen LogP contribution >= 0.6 is 22.9 Å². The summed E-state index contributed by atoms with van der Waals surface area (Å²) in [5, 5.41) is 0. The van der Waals surface area contributed by atoms with Crippen LogP contribution in [0, 0.1) is 0 Å². The fourth-order valence-electron chi connectivity index (χ4n) is 0.325. The van der Waals surface area contributed by atoms with E-state index in [1.807, 2.05) is 0 Å². The Bertz CT molecular complexity index is 98.6. The van der Waals surface area contributed by atoms with Gasteiger partial charge in [0.15, 0.2) is 0 Å². The molecule has 0 unspecified atom stereocenters. The van der Waals surface area contributed by atoms with Crippen LogP contribution in [0.15, 0.2) is 0 Å². The molecular formula is C4H9IN2O2. The van der Waals surface area contributed by atoms with Crippen LogP contribution in [0.1, 0.15) is 0 Å². The normalized spacial score (nSPS) is 12.8. The quantitative estimate of drug-likeness (QED) is 0.516. The van der Waals surface area contributed by atoms with E-state index in [4.69, 9.17) is 5.73 Å². The predicted molar refractivity (Wildman–Crippen MR) is 42.0 cm³/mol. The third-order valence-corrected chi connectivity index (χ3v) is 1.31. The Kier molecular flexibility index (Phi) is 5.02. The van der Waals surface area contributed by atoms with Gasteiger partial charge in [-0.15, -0.1) is 0 Å². The first kappa shape index (κ1) is 9.12. The van der Waals surface area contributed by atoms with Gasteiger partial charge < -0.3 is 10.5 Å². The molecule has 0 aliphatic rings. The third-order valence-electron chi connectivity index (χ3n) is 0.776. The minimum absolute atomic E-state index is 0.211. The second-order valence-corrected chi connectivity index (χ2v) is 2.06. The first-order valence-corrected chi connectivity index (χ1v) is 3.45. The highest BCUT2D eigenvalue weighted by Gasteiger charge is 2.09. The molecule has 1 amide bonds. The van der Waals surface area contributed by atoms with Gasteiger partial charge in [-0.1, -0.05) is 0 Å². The average Bonchev–Trinajstić information content (AvgIpc) is 1.87. The molecule has 0 fully saturated rings. The van der Waals surface area contributed by atoms with Gasteiger partial charge in [-0.2, -0.15) is 0 Å². The zero-order valence-electron chi connectivity index (χ0n) is 5.06. The molecule has 4 nitrogen and oxygen atoms in total. The van der Waals surface area contributed by atoms with Crippen molar-refractivity contribution in [2.75, 3.05) is 13.7 Å². The van der Waals surface area contributed by atoms with Crippen molar-refractivity contribution >= 4 is 28.8 Å². The fourth-order valence-corrected chi connectivity index (χ4v) is 0.725. The highest BCUT2D eigenvalue weighted by molar-refractivity contribution is 14.1. The van der Waals surface area contributed by atoms with Crippen molar-refractivity contribution in [3.05, 3.63) is 0 Å². The van der Waals surface area contributed by atoms with Crippen LogP contribution in [0.2, 0.25) is 0 Å². The van der Waals surface area contributed by atoms with Gasteiger partial charge in [0.25, 0.3) is 0 Å². The molecule has 54 valence electrons. The summed E-state index contributed by atoms with van der Waals surface area (Å²) in [5.74, 6) is -0.211. The Morgan fingerprint density at radius 2 is 2.56 bits per heavy atom. The molecule has 9 heavy (non-hydrogen) atoms. The maximum atomic E-state index is 10.6. The van der Waals surface area contributed by atoms with Gasteiger partial charge in [0, 0.05) is 7.11 Å². The number of hydrogen-bond donors (Lipinski definition) is 2. The molecule has 0 heterocycles. The van der Waals surface area contributed by atoms with Gasteiger partial charge in [-0.25, -0.2) is 0 Å². The summed E-state index contributed by atoms with van der Waals surface area (Å²) in [6.07, 6.45) is 0. The standard InChI is InChI=1S/C4H9IN2O2/c1-9-2-3(6)4(8)7-5/h3H,2,6H2,1H3,(H,7,8)/t3-/m0/s1. The smallest absolute Gasteiger partial charge is 0.247 e. The van der Waals surface area contributed by atoms with Crippen molar-refractivity contribution in [2.24, 2.45) is 5.73 Å². The predicted octanol–water partition coefficient (Wildman–Crippen LogP) is -0.574. The second kappa shape index (κ2) is 4.95. The molecule has 5 heteroatoms. The van der Waals surface area contributed by atoms with Gasteiger partial charge in [0.2, 0.25) is 5.91 Å². The first-order chi connectivity index (χ1) is 4.22. The lowest BCUT2D eigenvalue weighted by atomic mass is 10.3. The number of nitrogens with one attached hydrogen (secondary N) is 1. The van der Waals surface area contributed by atoms with E-state index >= 15 is 0 Å². The van der Waals surface area contributed by atoms with E-state index in [1.165, 1.54) is 7.11 Å². The van der Waals surface area contributed by atoms with Crippen LogP contribution < -0.4 is 9.26 Å². The average molecular weight is 244 g/mol. The van der Waals surface area contributed by atoms with E-state index in [0.717, 1.165) is 0 Å². The Morgan fingerprint density at radius 1 is 2.00 bits per heavy atom. The van der Waals surface area contributed by atoms with Crippen molar-refractivity contribution in [1.29, 1.82) is 0 Å². The molecule has 3 N–H and O–H groups in total. The summed E-state index contributed by atoms with van der Waals surface area (Å²) >= 11 is 1.73. The van der Waals surface area contributed by atoms with E-state index in [2.05, 4.69) is 8.27 Å². The number of carbonyl (C=O) groups is 1. The Morgan fingerprint density at radius 3 is 2.89 bits per heavy atom. The Labute approximate surface area is 67.6 Å². The second-order valence-electron chi connectivity index (χ2n) is 1.52. The third kappa shape index (κ3) is 3.66. The lowest BCUT2D eigenvalue weighted by Gasteiger charge is -2.05. The minimum atomic E-state index is -0.549. The van der Waals surface area contributed by atoms with Crippen LogP contribution in [-0.2, 0) is 9.53 Å². The van der Waals surface area contributed by atoms with E-state index in [9.17, 15) is 4.79 Å². The Hall–Kier alpha value is 0.120. The van der Waals surface area contributed by atoms with Gasteiger partial charge in [0.1, 0.15) is 6.04 Å². The van der Waals surface area contributed by atoms with Gasteiger partial charge in [0.05, 0.1) is 29.5 Å². The molecule has 0 radical (unpaired) electrons. The number of amides is 1. The number of carbonyl (C=O) groups excluding carboxylic acids is 1. The highest BCUT2D eigenvalue weighted by atomic mass is 127. The molecule has 0 rings (SSSR count). The molecule has 0 aromatic carbocycles. The van der Waals surface area contributed by atoms with Crippen molar-refractivity contribution in [3.8, 4) is 0 Å². The van der Waals surface area contributed by atoms with Crippen molar-refractivity contribution < 1.29 is 9.53 Å². The highest BCUT2D eigenvalue weighted by Crippen LogP contribution is 1.81. The Balaban J connectivity index is 3.45. The SMILES string of the molecule is COC[C@H](N)C(=O)NI. The number of ether oxygens (including phenoxy) is 1. The largest absolute Gasteiger partial charge is 0.383 e. The summed E-state index contributed by atoms with van der Waals surface area (Å²) in [5.41, 5.74) is 5.30. The summed E-state index contributed by atoms with van der Waals surface area (Å²) in [6, 6.07) is -0.549. The zero-order chi connectivity index (χ0) is 7.28. The molecule has 0 saturated heterocycles. The van der Waals surface area contributed by atoms with Crippen LogP contribution in [0.3, 0.4) is 0 Å². The van der Waals surface area contributed by atoms with E-state index < -0.39 is 6.04 Å². The molecule has 1 atom stereocenters.